The van der Waals surface area contributed by atoms with E-state index in [1.165, 1.54) is 128 Å². The van der Waals surface area contributed by atoms with Crippen molar-refractivity contribution < 1.29 is 0 Å². The van der Waals surface area contributed by atoms with Gasteiger partial charge in [-0.3, -0.25) is 0 Å². The zero-order chi connectivity index (χ0) is 21.6. The number of rotatable bonds is 23. The average molecular weight is 411 g/mol. The third-order valence-corrected chi connectivity index (χ3v) is 6.90. The summed E-state index contributed by atoms with van der Waals surface area (Å²) in [6.07, 6.45) is 29.9. The van der Waals surface area contributed by atoms with E-state index in [1.54, 1.807) is 0 Å². The minimum Gasteiger partial charge on any atom is -0.326 e. The summed E-state index contributed by atoms with van der Waals surface area (Å²) in [6, 6.07) is 0.111. The summed E-state index contributed by atoms with van der Waals surface area (Å²) in [5.41, 5.74) is 12.9. The molecule has 0 bridgehead atoms. The zero-order valence-electron chi connectivity index (χ0n) is 20.8. The molecule has 0 radical (unpaired) electrons. The summed E-state index contributed by atoms with van der Waals surface area (Å²) in [5, 5.41) is 0. The second-order valence-electron chi connectivity index (χ2n) is 9.89. The summed E-state index contributed by atoms with van der Waals surface area (Å²) in [4.78, 5) is 0. The maximum absolute atomic E-state index is 6.73. The first-order valence-electron chi connectivity index (χ1n) is 13.6. The maximum Gasteiger partial charge on any atom is 0.0305 e. The Morgan fingerprint density at radius 1 is 0.483 bits per heavy atom. The molecule has 176 valence electrons. The highest BCUT2D eigenvalue weighted by Gasteiger charge is 2.28. The lowest BCUT2D eigenvalue weighted by Gasteiger charge is -2.34. The minimum atomic E-state index is -0.139. The molecule has 1 atom stereocenters. The Morgan fingerprint density at radius 3 is 0.966 bits per heavy atom. The van der Waals surface area contributed by atoms with Crippen molar-refractivity contribution in [3.63, 3.8) is 0 Å². The third kappa shape index (κ3) is 18.4. The Bertz CT molecular complexity index is 290. The number of hydrogen-bond acceptors (Lipinski definition) is 2. The summed E-state index contributed by atoms with van der Waals surface area (Å²) < 4.78 is 0. The molecule has 0 saturated heterocycles. The van der Waals surface area contributed by atoms with Gasteiger partial charge in [-0.05, 0) is 19.8 Å². The van der Waals surface area contributed by atoms with E-state index in [9.17, 15) is 0 Å². The van der Waals surface area contributed by atoms with Crippen molar-refractivity contribution in [2.75, 3.05) is 0 Å². The van der Waals surface area contributed by atoms with E-state index >= 15 is 0 Å². The molecule has 1 unspecified atom stereocenters. The van der Waals surface area contributed by atoms with E-state index in [4.69, 9.17) is 11.5 Å². The van der Waals surface area contributed by atoms with Crippen molar-refractivity contribution in [2.45, 2.75) is 174 Å². The van der Waals surface area contributed by atoms with Gasteiger partial charge >= 0.3 is 0 Å². The molecular formula is C27H58N2. The molecular weight excluding hydrogens is 352 g/mol. The number of hydrogen-bond donors (Lipinski definition) is 2. The predicted molar refractivity (Wildman–Crippen MR) is 133 cm³/mol. The first-order valence-corrected chi connectivity index (χ1v) is 13.6. The molecule has 0 fully saturated rings. The quantitative estimate of drug-likeness (QED) is 0.165. The standard InChI is InChI=1S/C27H58N2/c1-4-6-8-10-12-14-16-18-20-22-24-27(29,26(3)28)25-23-21-19-17-15-13-11-9-7-5-2/h26H,4-25,28-29H2,1-3H3. The topological polar surface area (TPSA) is 52.0 Å². The molecule has 4 N–H and O–H groups in total. The van der Waals surface area contributed by atoms with Crippen molar-refractivity contribution in [1.82, 2.24) is 0 Å². The first kappa shape index (κ1) is 28.9. The maximum atomic E-state index is 6.73. The molecule has 0 spiro atoms. The Balaban J connectivity index is 3.64. The smallest absolute Gasteiger partial charge is 0.0305 e. The van der Waals surface area contributed by atoms with Crippen LogP contribution in [0.25, 0.3) is 0 Å². The second-order valence-corrected chi connectivity index (χ2v) is 9.89. The van der Waals surface area contributed by atoms with Crippen LogP contribution in [-0.4, -0.2) is 11.6 Å². The van der Waals surface area contributed by atoms with Crippen LogP contribution in [-0.2, 0) is 0 Å². The van der Waals surface area contributed by atoms with E-state index in [0.717, 1.165) is 12.8 Å². The summed E-state index contributed by atoms with van der Waals surface area (Å²) in [6.45, 7) is 6.69. The van der Waals surface area contributed by atoms with Crippen LogP contribution in [0.5, 0.6) is 0 Å². The minimum absolute atomic E-state index is 0.111. The van der Waals surface area contributed by atoms with Crippen molar-refractivity contribution in [3.8, 4) is 0 Å². The van der Waals surface area contributed by atoms with Gasteiger partial charge in [0.05, 0.1) is 0 Å². The normalized spacial score (nSPS) is 13.1. The van der Waals surface area contributed by atoms with Gasteiger partial charge in [-0.15, -0.1) is 0 Å². The van der Waals surface area contributed by atoms with Crippen LogP contribution in [0.3, 0.4) is 0 Å². The van der Waals surface area contributed by atoms with E-state index in [0.29, 0.717) is 0 Å². The third-order valence-electron chi connectivity index (χ3n) is 6.90. The SMILES string of the molecule is CCCCCCCCCCCCC(N)(CCCCCCCCCCCC)C(C)N. The Labute approximate surface area is 185 Å². The van der Waals surface area contributed by atoms with E-state index in [-0.39, 0.29) is 11.6 Å². The van der Waals surface area contributed by atoms with Crippen LogP contribution in [0.2, 0.25) is 0 Å². The van der Waals surface area contributed by atoms with Gasteiger partial charge in [-0.1, -0.05) is 142 Å². The molecule has 0 heterocycles. The van der Waals surface area contributed by atoms with Crippen molar-refractivity contribution >= 4 is 0 Å². The number of unbranched alkanes of at least 4 members (excludes halogenated alkanes) is 18. The summed E-state index contributed by atoms with van der Waals surface area (Å²) in [5.74, 6) is 0. The first-order chi connectivity index (χ1) is 14.1. The van der Waals surface area contributed by atoms with E-state index in [2.05, 4.69) is 20.8 Å². The van der Waals surface area contributed by atoms with Crippen LogP contribution in [0.15, 0.2) is 0 Å². The van der Waals surface area contributed by atoms with Gasteiger partial charge in [-0.25, -0.2) is 0 Å². The summed E-state index contributed by atoms with van der Waals surface area (Å²) in [7, 11) is 0. The molecule has 0 aliphatic carbocycles. The highest BCUT2D eigenvalue weighted by molar-refractivity contribution is 4.91. The van der Waals surface area contributed by atoms with Gasteiger partial charge in [0.15, 0.2) is 0 Å². The van der Waals surface area contributed by atoms with Crippen LogP contribution in [0.1, 0.15) is 162 Å². The highest BCUT2D eigenvalue weighted by Crippen LogP contribution is 2.24. The predicted octanol–water partition coefficient (Wildman–Crippen LogP) is 8.65. The molecule has 0 amide bonds. The highest BCUT2D eigenvalue weighted by atomic mass is 14.8. The largest absolute Gasteiger partial charge is 0.326 e. The van der Waals surface area contributed by atoms with Gasteiger partial charge in [0.25, 0.3) is 0 Å². The fourth-order valence-electron chi connectivity index (χ4n) is 4.46. The van der Waals surface area contributed by atoms with Crippen LogP contribution in [0.4, 0.5) is 0 Å². The molecule has 0 aliphatic heterocycles. The van der Waals surface area contributed by atoms with Gasteiger partial charge in [0, 0.05) is 11.6 Å². The van der Waals surface area contributed by atoms with Gasteiger partial charge < -0.3 is 11.5 Å². The van der Waals surface area contributed by atoms with Gasteiger partial charge in [0.2, 0.25) is 0 Å². The van der Waals surface area contributed by atoms with Gasteiger partial charge in [-0.2, -0.15) is 0 Å². The molecule has 0 aromatic heterocycles. The Morgan fingerprint density at radius 2 is 0.724 bits per heavy atom. The van der Waals surface area contributed by atoms with E-state index in [1.807, 2.05) is 0 Å². The van der Waals surface area contributed by atoms with Crippen molar-refractivity contribution in [2.24, 2.45) is 11.5 Å². The lowest BCUT2D eigenvalue weighted by molar-refractivity contribution is 0.289. The molecule has 0 saturated carbocycles. The lowest BCUT2D eigenvalue weighted by atomic mass is 9.82. The molecule has 0 aliphatic rings. The average Bonchev–Trinajstić information content (AvgIpc) is 2.70. The molecule has 0 rings (SSSR count). The fraction of sp³-hybridized carbons (Fsp3) is 1.00. The van der Waals surface area contributed by atoms with Crippen LogP contribution >= 0.6 is 0 Å². The van der Waals surface area contributed by atoms with Crippen LogP contribution < -0.4 is 11.5 Å². The van der Waals surface area contributed by atoms with Crippen LogP contribution in [0, 0.1) is 0 Å². The van der Waals surface area contributed by atoms with Crippen molar-refractivity contribution in [1.29, 1.82) is 0 Å². The number of nitrogens with two attached hydrogens (primary N) is 2. The Kier molecular flexibility index (Phi) is 21.1. The fourth-order valence-corrected chi connectivity index (χ4v) is 4.46. The molecule has 0 aromatic carbocycles. The van der Waals surface area contributed by atoms with Gasteiger partial charge in [0.1, 0.15) is 0 Å². The Hall–Kier alpha value is -0.0800. The molecule has 2 nitrogen and oxygen atoms in total. The monoisotopic (exact) mass is 410 g/mol. The second kappa shape index (κ2) is 21.2. The lowest BCUT2D eigenvalue weighted by Crippen LogP contribution is -2.53. The molecule has 29 heavy (non-hydrogen) atoms. The summed E-state index contributed by atoms with van der Waals surface area (Å²) >= 11 is 0. The zero-order valence-corrected chi connectivity index (χ0v) is 20.8. The molecule has 2 heteroatoms. The van der Waals surface area contributed by atoms with Crippen molar-refractivity contribution in [3.05, 3.63) is 0 Å². The molecule has 0 aromatic rings. The van der Waals surface area contributed by atoms with E-state index < -0.39 is 0 Å².